The van der Waals surface area contributed by atoms with Crippen LogP contribution in [0.2, 0.25) is 0 Å². The lowest BCUT2D eigenvalue weighted by Crippen LogP contribution is -2.30. The fraction of sp³-hybridized carbons (Fsp3) is 0.0938. The Hall–Kier alpha value is -4.07. The molecule has 7 heteroatoms. The van der Waals surface area contributed by atoms with Crippen LogP contribution in [0.4, 0.5) is 11.4 Å². The third-order valence-electron chi connectivity index (χ3n) is 6.90. The standard InChI is InChI=1S/C32H25BrN4OS/c1-21-9-8-13-27(22(21)2)34-32-37(29(20-39-32)24-15-17-25(33)18-16-24)35-30-26-12-6-7-14-28(26)36(31(30)38)19-23-10-4-3-5-11-23/h3-18,20H,19H2,1-2H3. The number of para-hydroxylation sites is 1. The van der Waals surface area contributed by atoms with Gasteiger partial charge in [0.25, 0.3) is 5.91 Å². The van der Waals surface area contributed by atoms with Crippen LogP contribution in [0, 0.1) is 13.8 Å². The summed E-state index contributed by atoms with van der Waals surface area (Å²) in [7, 11) is 0. The van der Waals surface area contributed by atoms with Gasteiger partial charge in [0.1, 0.15) is 0 Å². The lowest BCUT2D eigenvalue weighted by atomic mass is 10.1. The molecule has 2 heterocycles. The topological polar surface area (TPSA) is 50.0 Å². The molecule has 1 aliphatic rings. The summed E-state index contributed by atoms with van der Waals surface area (Å²) in [5.74, 6) is -0.127. The van der Waals surface area contributed by atoms with Crippen LogP contribution in [0.1, 0.15) is 22.3 Å². The third-order valence-corrected chi connectivity index (χ3v) is 8.24. The van der Waals surface area contributed by atoms with Gasteiger partial charge in [-0.25, -0.2) is 9.67 Å². The van der Waals surface area contributed by atoms with Gasteiger partial charge in [0, 0.05) is 21.0 Å². The largest absolute Gasteiger partial charge is 0.302 e. The Bertz CT molecular complexity index is 1790. The van der Waals surface area contributed by atoms with Crippen molar-refractivity contribution in [3.63, 3.8) is 0 Å². The molecule has 0 fully saturated rings. The molecule has 5 aromatic rings. The van der Waals surface area contributed by atoms with Crippen molar-refractivity contribution >= 4 is 50.3 Å². The second-order valence-corrected chi connectivity index (χ2v) is 11.1. The Morgan fingerprint density at radius 3 is 2.38 bits per heavy atom. The van der Waals surface area contributed by atoms with E-state index in [-0.39, 0.29) is 5.91 Å². The van der Waals surface area contributed by atoms with E-state index < -0.39 is 0 Å². The van der Waals surface area contributed by atoms with Crippen LogP contribution in [0.15, 0.2) is 117 Å². The number of amides is 1. The maximum Gasteiger partial charge on any atom is 0.279 e. The van der Waals surface area contributed by atoms with Gasteiger partial charge in [-0.3, -0.25) is 4.79 Å². The average molecular weight is 594 g/mol. The molecule has 0 spiro atoms. The molecule has 192 valence electrons. The van der Waals surface area contributed by atoms with E-state index in [1.165, 1.54) is 16.9 Å². The van der Waals surface area contributed by atoms with Gasteiger partial charge in [-0.2, -0.15) is 5.10 Å². The quantitative estimate of drug-likeness (QED) is 0.207. The van der Waals surface area contributed by atoms with E-state index in [1.54, 1.807) is 4.90 Å². The molecule has 0 aliphatic carbocycles. The first kappa shape index (κ1) is 25.2. The normalized spacial score (nSPS) is 14.3. The molecule has 39 heavy (non-hydrogen) atoms. The predicted molar refractivity (Wildman–Crippen MR) is 163 cm³/mol. The van der Waals surface area contributed by atoms with Crippen LogP contribution < -0.4 is 9.70 Å². The molecule has 0 bridgehead atoms. The van der Waals surface area contributed by atoms with Crippen molar-refractivity contribution < 1.29 is 4.79 Å². The van der Waals surface area contributed by atoms with Gasteiger partial charge < -0.3 is 4.90 Å². The summed E-state index contributed by atoms with van der Waals surface area (Å²) in [4.78, 5) is 21.4. The fourth-order valence-corrected chi connectivity index (χ4v) is 5.74. The second kappa shape index (κ2) is 10.6. The van der Waals surface area contributed by atoms with Crippen molar-refractivity contribution in [2.75, 3.05) is 4.90 Å². The first-order valence-electron chi connectivity index (χ1n) is 12.6. The first-order chi connectivity index (χ1) is 19.0. The van der Waals surface area contributed by atoms with Crippen molar-refractivity contribution in [1.82, 2.24) is 4.68 Å². The van der Waals surface area contributed by atoms with Crippen LogP contribution in [-0.2, 0) is 11.3 Å². The van der Waals surface area contributed by atoms with E-state index in [0.717, 1.165) is 43.8 Å². The van der Waals surface area contributed by atoms with E-state index in [9.17, 15) is 4.79 Å². The van der Waals surface area contributed by atoms with Crippen LogP contribution in [0.25, 0.3) is 11.3 Å². The van der Waals surface area contributed by atoms with Crippen molar-refractivity contribution in [3.05, 3.63) is 134 Å². The van der Waals surface area contributed by atoms with E-state index in [0.29, 0.717) is 17.1 Å². The number of carbonyl (C=O) groups is 1. The minimum Gasteiger partial charge on any atom is -0.302 e. The van der Waals surface area contributed by atoms with Crippen LogP contribution in [-0.4, -0.2) is 16.3 Å². The van der Waals surface area contributed by atoms with E-state index >= 15 is 0 Å². The lowest BCUT2D eigenvalue weighted by Gasteiger charge is -2.16. The monoisotopic (exact) mass is 592 g/mol. The van der Waals surface area contributed by atoms with Gasteiger partial charge >= 0.3 is 0 Å². The first-order valence-corrected chi connectivity index (χ1v) is 14.3. The SMILES string of the molecule is Cc1cccc(N=c2scc(-c3ccc(Br)cc3)n2N=C2C(=O)N(Cc3ccccc3)c3ccccc32)c1C. The van der Waals surface area contributed by atoms with Gasteiger partial charge in [0.2, 0.25) is 4.80 Å². The number of rotatable bonds is 5. The molecule has 0 unspecified atom stereocenters. The number of anilines is 1. The van der Waals surface area contributed by atoms with Gasteiger partial charge in [0.05, 0.1) is 23.6 Å². The molecule has 1 aromatic heterocycles. The van der Waals surface area contributed by atoms with Crippen LogP contribution in [0.3, 0.4) is 0 Å². The zero-order valence-corrected chi connectivity index (χ0v) is 23.9. The number of halogens is 1. The lowest BCUT2D eigenvalue weighted by molar-refractivity contribution is -0.112. The highest BCUT2D eigenvalue weighted by Gasteiger charge is 2.34. The summed E-state index contributed by atoms with van der Waals surface area (Å²) < 4.78 is 2.81. The minimum absolute atomic E-state index is 0.127. The number of nitrogens with zero attached hydrogens (tertiary/aromatic N) is 4. The number of aromatic nitrogens is 1. The summed E-state index contributed by atoms with van der Waals surface area (Å²) in [5, 5.41) is 7.07. The minimum atomic E-state index is -0.127. The summed E-state index contributed by atoms with van der Waals surface area (Å²) in [6.45, 7) is 4.63. The van der Waals surface area contributed by atoms with E-state index in [4.69, 9.17) is 10.1 Å². The van der Waals surface area contributed by atoms with Crippen LogP contribution >= 0.6 is 27.3 Å². The Morgan fingerprint density at radius 2 is 1.59 bits per heavy atom. The molecular formula is C32H25BrN4OS. The molecule has 1 aliphatic heterocycles. The van der Waals surface area contributed by atoms with Gasteiger partial charge in [-0.1, -0.05) is 88.7 Å². The number of thiazole rings is 1. The number of fused-ring (bicyclic) bond motifs is 1. The molecule has 5 nitrogen and oxygen atoms in total. The molecule has 4 aromatic carbocycles. The van der Waals surface area contributed by atoms with Gasteiger partial charge in [-0.05, 0) is 54.8 Å². The predicted octanol–water partition coefficient (Wildman–Crippen LogP) is 7.63. The summed E-state index contributed by atoms with van der Waals surface area (Å²) in [6.07, 6.45) is 0. The fourth-order valence-electron chi connectivity index (χ4n) is 4.63. The maximum absolute atomic E-state index is 13.9. The molecule has 0 radical (unpaired) electrons. The molecule has 0 N–H and O–H groups in total. The van der Waals surface area contributed by atoms with Crippen molar-refractivity contribution in [2.24, 2.45) is 10.1 Å². The van der Waals surface area contributed by atoms with Crippen molar-refractivity contribution in [1.29, 1.82) is 0 Å². The second-order valence-electron chi connectivity index (χ2n) is 9.40. The summed E-state index contributed by atoms with van der Waals surface area (Å²) >= 11 is 5.04. The molecular weight excluding hydrogens is 568 g/mol. The summed E-state index contributed by atoms with van der Waals surface area (Å²) in [5.41, 5.74) is 8.18. The Labute approximate surface area is 239 Å². The molecule has 0 saturated carbocycles. The average Bonchev–Trinajstić information content (AvgIpc) is 3.46. The van der Waals surface area contributed by atoms with E-state index in [2.05, 4.69) is 35.8 Å². The molecule has 6 rings (SSSR count). The smallest absolute Gasteiger partial charge is 0.279 e. The Kier molecular flexibility index (Phi) is 6.85. The van der Waals surface area contributed by atoms with Crippen LogP contribution in [0.5, 0.6) is 0 Å². The number of hydrogen-bond donors (Lipinski definition) is 0. The highest BCUT2D eigenvalue weighted by atomic mass is 79.9. The van der Waals surface area contributed by atoms with Gasteiger partial charge in [-0.15, -0.1) is 11.3 Å². The van der Waals surface area contributed by atoms with Crippen molar-refractivity contribution in [3.8, 4) is 11.3 Å². The maximum atomic E-state index is 13.9. The highest BCUT2D eigenvalue weighted by Crippen LogP contribution is 2.32. The number of hydrogen-bond acceptors (Lipinski definition) is 4. The number of benzene rings is 4. The third kappa shape index (κ3) is 4.91. The van der Waals surface area contributed by atoms with Gasteiger partial charge in [0.15, 0.2) is 5.71 Å². The zero-order chi connectivity index (χ0) is 26.9. The highest BCUT2D eigenvalue weighted by molar-refractivity contribution is 9.10. The Morgan fingerprint density at radius 1 is 0.846 bits per heavy atom. The summed E-state index contributed by atoms with van der Waals surface area (Å²) in [6, 6.07) is 32.1. The number of aryl methyl sites for hydroxylation is 1. The van der Waals surface area contributed by atoms with Crippen molar-refractivity contribution in [2.45, 2.75) is 20.4 Å². The zero-order valence-electron chi connectivity index (χ0n) is 21.5. The van der Waals surface area contributed by atoms with E-state index in [1.807, 2.05) is 101 Å². The molecule has 1 amide bonds. The molecule has 0 saturated heterocycles. The molecule has 0 atom stereocenters. The Balaban J connectivity index is 1.53. The number of carbonyl (C=O) groups excluding carboxylic acids is 1.